The van der Waals surface area contributed by atoms with Crippen LogP contribution in [0.3, 0.4) is 0 Å². The molecule has 1 amide bonds. The number of benzene rings is 2. The number of piperazine rings is 1. The minimum Gasteiger partial charge on any atom is -0.496 e. The quantitative estimate of drug-likeness (QED) is 0.814. The van der Waals surface area contributed by atoms with Gasteiger partial charge in [0.25, 0.3) is 0 Å². The molecule has 4 rings (SSSR count). The Labute approximate surface area is 171 Å². The molecule has 1 saturated carbocycles. The lowest BCUT2D eigenvalue weighted by Crippen LogP contribution is -2.49. The second-order valence-electron chi connectivity index (χ2n) is 7.98. The zero-order valence-corrected chi connectivity index (χ0v) is 17.0. The largest absolute Gasteiger partial charge is 0.496 e. The molecule has 2 aromatic carbocycles. The third-order valence-electron chi connectivity index (χ3n) is 5.98. The molecule has 0 radical (unpaired) electrons. The summed E-state index contributed by atoms with van der Waals surface area (Å²) in [7, 11) is 3.64. The fourth-order valence-electron chi connectivity index (χ4n) is 3.99. The van der Waals surface area contributed by atoms with E-state index in [4.69, 9.17) is 4.74 Å². The molecule has 2 aliphatic rings. The SMILES string of the molecule is COc1cc(F)ccc1-c1ccc([C@@H]2C[C@H]2NCC(=O)N2CCN(C)CC2)cc1. The number of halogens is 1. The van der Waals surface area contributed by atoms with Gasteiger partial charge in [0, 0.05) is 49.8 Å². The first-order chi connectivity index (χ1) is 14.0. The highest BCUT2D eigenvalue weighted by Gasteiger charge is 2.38. The summed E-state index contributed by atoms with van der Waals surface area (Å²) in [5.41, 5.74) is 3.14. The number of nitrogens with one attached hydrogen (secondary N) is 1. The number of nitrogens with zero attached hydrogens (tertiary/aromatic N) is 2. The van der Waals surface area contributed by atoms with Crippen LogP contribution in [0.5, 0.6) is 5.75 Å². The van der Waals surface area contributed by atoms with E-state index in [1.807, 2.05) is 4.90 Å². The van der Waals surface area contributed by atoms with Crippen molar-refractivity contribution in [2.24, 2.45) is 0 Å². The van der Waals surface area contributed by atoms with Crippen LogP contribution in [-0.2, 0) is 4.79 Å². The molecular formula is C23H28FN3O2. The molecule has 5 nitrogen and oxygen atoms in total. The number of hydrogen-bond donors (Lipinski definition) is 1. The fourth-order valence-corrected chi connectivity index (χ4v) is 3.99. The molecule has 1 aliphatic carbocycles. The van der Waals surface area contributed by atoms with Crippen LogP contribution in [0.25, 0.3) is 11.1 Å². The molecule has 2 aromatic rings. The molecule has 1 saturated heterocycles. The topological polar surface area (TPSA) is 44.8 Å². The molecule has 1 aliphatic heterocycles. The maximum Gasteiger partial charge on any atom is 0.236 e. The summed E-state index contributed by atoms with van der Waals surface area (Å²) in [4.78, 5) is 16.6. The van der Waals surface area contributed by atoms with Crippen LogP contribution in [0.1, 0.15) is 17.9 Å². The van der Waals surface area contributed by atoms with Crippen LogP contribution >= 0.6 is 0 Å². The maximum absolute atomic E-state index is 13.4. The number of amides is 1. The standard InChI is InChI=1S/C23H28FN3O2/c1-26-9-11-27(12-10-26)23(28)15-25-21-14-20(21)17-5-3-16(4-6-17)19-8-7-18(24)13-22(19)29-2/h3-8,13,20-21,25H,9-12,14-15H2,1-2H3/t20-,21+/m0/s1. The van der Waals surface area contributed by atoms with Gasteiger partial charge >= 0.3 is 0 Å². The second kappa shape index (κ2) is 8.51. The Balaban J connectivity index is 1.31. The number of likely N-dealkylation sites (N-methyl/N-ethyl adjacent to an activating group) is 1. The van der Waals surface area contributed by atoms with Crippen molar-refractivity contribution in [3.05, 3.63) is 53.8 Å². The summed E-state index contributed by atoms with van der Waals surface area (Å²) in [6, 6.07) is 13.3. The van der Waals surface area contributed by atoms with Gasteiger partial charge < -0.3 is 19.9 Å². The Bertz CT molecular complexity index is 863. The highest BCUT2D eigenvalue weighted by molar-refractivity contribution is 5.78. The Morgan fingerprint density at radius 1 is 1.14 bits per heavy atom. The van der Waals surface area contributed by atoms with Crippen LogP contribution in [0, 0.1) is 5.82 Å². The van der Waals surface area contributed by atoms with Crippen molar-refractivity contribution in [1.29, 1.82) is 0 Å². The lowest BCUT2D eigenvalue weighted by atomic mass is 10.0. The molecule has 29 heavy (non-hydrogen) atoms. The molecule has 6 heteroatoms. The first-order valence-electron chi connectivity index (χ1n) is 10.2. The second-order valence-corrected chi connectivity index (χ2v) is 7.98. The zero-order chi connectivity index (χ0) is 20.4. The van der Waals surface area contributed by atoms with Crippen molar-refractivity contribution in [1.82, 2.24) is 15.1 Å². The predicted molar refractivity (Wildman–Crippen MR) is 112 cm³/mol. The first kappa shape index (κ1) is 19.9. The van der Waals surface area contributed by atoms with Gasteiger partial charge in [0.05, 0.1) is 13.7 Å². The summed E-state index contributed by atoms with van der Waals surface area (Å²) in [5, 5.41) is 3.42. The normalized spacial score (nSPS) is 21.8. The molecule has 154 valence electrons. The molecule has 2 atom stereocenters. The van der Waals surface area contributed by atoms with Gasteiger partial charge in [0.2, 0.25) is 5.91 Å². The van der Waals surface area contributed by atoms with Crippen LogP contribution < -0.4 is 10.1 Å². The number of ether oxygens (including phenoxy) is 1. The number of carbonyl (C=O) groups is 1. The van der Waals surface area contributed by atoms with E-state index < -0.39 is 0 Å². The molecule has 1 heterocycles. The van der Waals surface area contributed by atoms with Gasteiger partial charge in [-0.3, -0.25) is 4.79 Å². The molecular weight excluding hydrogens is 369 g/mol. The molecule has 0 bridgehead atoms. The zero-order valence-electron chi connectivity index (χ0n) is 17.0. The van der Waals surface area contributed by atoms with Crippen molar-refractivity contribution >= 4 is 5.91 Å². The summed E-state index contributed by atoms with van der Waals surface area (Å²) in [6.45, 7) is 3.94. The van der Waals surface area contributed by atoms with Crippen LogP contribution in [0.15, 0.2) is 42.5 Å². The Kier molecular flexibility index (Phi) is 5.83. The van der Waals surface area contributed by atoms with Crippen molar-refractivity contribution in [2.45, 2.75) is 18.4 Å². The molecule has 0 unspecified atom stereocenters. The summed E-state index contributed by atoms with van der Waals surface area (Å²) < 4.78 is 18.7. The van der Waals surface area contributed by atoms with Crippen LogP contribution in [0.2, 0.25) is 0 Å². The van der Waals surface area contributed by atoms with E-state index in [1.54, 1.807) is 13.2 Å². The lowest BCUT2D eigenvalue weighted by molar-refractivity contribution is -0.131. The number of carbonyl (C=O) groups excluding carboxylic acids is 1. The summed E-state index contributed by atoms with van der Waals surface area (Å²) in [6.07, 6.45) is 1.05. The van der Waals surface area contributed by atoms with Gasteiger partial charge in [0.15, 0.2) is 0 Å². The average molecular weight is 397 g/mol. The van der Waals surface area contributed by atoms with E-state index in [2.05, 4.69) is 41.5 Å². The third-order valence-corrected chi connectivity index (χ3v) is 5.98. The molecule has 2 fully saturated rings. The van der Waals surface area contributed by atoms with Gasteiger partial charge in [-0.1, -0.05) is 24.3 Å². The van der Waals surface area contributed by atoms with E-state index in [9.17, 15) is 9.18 Å². The van der Waals surface area contributed by atoms with Crippen LogP contribution in [0.4, 0.5) is 4.39 Å². The lowest BCUT2D eigenvalue weighted by Gasteiger charge is -2.32. The van der Waals surface area contributed by atoms with Gasteiger partial charge in [-0.15, -0.1) is 0 Å². The van der Waals surface area contributed by atoms with Crippen molar-refractivity contribution < 1.29 is 13.9 Å². The third kappa shape index (κ3) is 4.60. The minimum absolute atomic E-state index is 0.197. The van der Waals surface area contributed by atoms with E-state index in [0.29, 0.717) is 24.3 Å². The Hall–Kier alpha value is -2.44. The van der Waals surface area contributed by atoms with Crippen molar-refractivity contribution in [2.75, 3.05) is 46.9 Å². The summed E-state index contributed by atoms with van der Waals surface area (Å²) >= 11 is 0. The predicted octanol–water partition coefficient (Wildman–Crippen LogP) is 2.72. The van der Waals surface area contributed by atoms with Gasteiger partial charge in [-0.25, -0.2) is 4.39 Å². The fraction of sp³-hybridized carbons (Fsp3) is 0.435. The van der Waals surface area contributed by atoms with Crippen LogP contribution in [-0.4, -0.2) is 68.6 Å². The number of hydrogen-bond acceptors (Lipinski definition) is 4. The molecule has 1 N–H and O–H groups in total. The molecule has 0 spiro atoms. The molecule has 0 aromatic heterocycles. The van der Waals surface area contributed by atoms with E-state index in [0.717, 1.165) is 43.7 Å². The van der Waals surface area contributed by atoms with E-state index in [1.165, 1.54) is 17.7 Å². The van der Waals surface area contributed by atoms with Gasteiger partial charge in [-0.05, 0) is 36.7 Å². The summed E-state index contributed by atoms with van der Waals surface area (Å²) in [5.74, 6) is 0.869. The van der Waals surface area contributed by atoms with E-state index >= 15 is 0 Å². The van der Waals surface area contributed by atoms with Crippen molar-refractivity contribution in [3.63, 3.8) is 0 Å². The Morgan fingerprint density at radius 3 is 2.55 bits per heavy atom. The van der Waals surface area contributed by atoms with Crippen molar-refractivity contribution in [3.8, 4) is 16.9 Å². The number of rotatable bonds is 6. The minimum atomic E-state index is -0.305. The first-order valence-corrected chi connectivity index (χ1v) is 10.2. The maximum atomic E-state index is 13.4. The highest BCUT2D eigenvalue weighted by Crippen LogP contribution is 2.41. The van der Waals surface area contributed by atoms with Gasteiger partial charge in [0.1, 0.15) is 11.6 Å². The Morgan fingerprint density at radius 2 is 1.86 bits per heavy atom. The monoisotopic (exact) mass is 397 g/mol. The van der Waals surface area contributed by atoms with Gasteiger partial charge in [-0.2, -0.15) is 0 Å². The number of methoxy groups -OCH3 is 1. The van der Waals surface area contributed by atoms with E-state index in [-0.39, 0.29) is 11.7 Å². The average Bonchev–Trinajstić information content (AvgIpc) is 3.52. The smallest absolute Gasteiger partial charge is 0.236 e. The highest BCUT2D eigenvalue weighted by atomic mass is 19.1.